The molecule has 7 heteroatoms. The zero-order valence-electron chi connectivity index (χ0n) is 6.14. The minimum atomic E-state index is -0.958. The zero-order chi connectivity index (χ0) is 9.14. The molecule has 0 bridgehead atoms. The first kappa shape index (κ1) is 9.40. The van der Waals surface area contributed by atoms with Gasteiger partial charge in [-0.25, -0.2) is 0 Å². The Morgan fingerprint density at radius 3 is 2.75 bits per heavy atom. The Morgan fingerprint density at radius 2 is 2.33 bits per heavy atom. The Morgan fingerprint density at radius 1 is 1.67 bits per heavy atom. The van der Waals surface area contributed by atoms with Crippen LogP contribution in [0.4, 0.5) is 0 Å². The molecule has 0 spiro atoms. The molecule has 2 atom stereocenters. The summed E-state index contributed by atoms with van der Waals surface area (Å²) < 4.78 is 0. The summed E-state index contributed by atoms with van der Waals surface area (Å²) in [5, 5.41) is 13.3. The second kappa shape index (κ2) is 3.81. The van der Waals surface area contributed by atoms with Gasteiger partial charge in [-0.3, -0.25) is 19.8 Å². The molecule has 1 heterocycles. The summed E-state index contributed by atoms with van der Waals surface area (Å²) in [6, 6.07) is 0. The van der Waals surface area contributed by atoms with E-state index in [0.29, 0.717) is 13.0 Å². The molecule has 1 rings (SSSR count). The van der Waals surface area contributed by atoms with Crippen molar-refractivity contribution in [3.05, 3.63) is 10.1 Å². The molecule has 0 radical (unpaired) electrons. The highest BCUT2D eigenvalue weighted by Gasteiger charge is 2.35. The van der Waals surface area contributed by atoms with Gasteiger partial charge >= 0.3 is 6.17 Å². The Balaban J connectivity index is 2.70. The first-order valence-corrected chi connectivity index (χ1v) is 4.29. The molecule has 1 N–H and O–H groups in total. The van der Waals surface area contributed by atoms with Crippen molar-refractivity contribution >= 4 is 22.3 Å². The number of rotatable bonds is 2. The van der Waals surface area contributed by atoms with Crippen molar-refractivity contribution in [1.82, 2.24) is 10.2 Å². The van der Waals surface area contributed by atoms with E-state index in [1.165, 1.54) is 0 Å². The van der Waals surface area contributed by atoms with Crippen LogP contribution in [0, 0.1) is 10.1 Å². The molecule has 0 aromatic heterocycles. The molecule has 1 aliphatic rings. The SMILES string of the molecule is O=CN1C(Br)CNCC1[N+](=O)[O-]. The number of halogens is 1. The highest BCUT2D eigenvalue weighted by Crippen LogP contribution is 2.12. The number of carbonyl (C=O) groups excluding carboxylic acids is 1. The van der Waals surface area contributed by atoms with Crippen molar-refractivity contribution in [1.29, 1.82) is 0 Å². The van der Waals surface area contributed by atoms with E-state index in [4.69, 9.17) is 0 Å². The third-order valence-electron chi connectivity index (χ3n) is 1.67. The van der Waals surface area contributed by atoms with Gasteiger partial charge in [0.2, 0.25) is 6.41 Å². The standard InChI is InChI=1S/C5H8BrN3O3/c6-4-1-7-2-5(9(11)12)8(4)3-10/h3-5,7H,1-2H2. The summed E-state index contributed by atoms with van der Waals surface area (Å²) in [5.74, 6) is 0. The monoisotopic (exact) mass is 237 g/mol. The summed E-state index contributed by atoms with van der Waals surface area (Å²) >= 11 is 3.15. The first-order chi connectivity index (χ1) is 5.66. The fourth-order valence-electron chi connectivity index (χ4n) is 1.05. The average Bonchev–Trinajstić information content (AvgIpc) is 2.03. The van der Waals surface area contributed by atoms with Gasteiger partial charge in [0, 0.05) is 11.5 Å². The van der Waals surface area contributed by atoms with E-state index < -0.39 is 11.1 Å². The van der Waals surface area contributed by atoms with Crippen molar-refractivity contribution < 1.29 is 9.72 Å². The molecule has 1 fully saturated rings. The summed E-state index contributed by atoms with van der Waals surface area (Å²) in [7, 11) is 0. The minimum absolute atomic E-state index is 0.202. The highest BCUT2D eigenvalue weighted by atomic mass is 79.9. The third-order valence-corrected chi connectivity index (χ3v) is 2.47. The van der Waals surface area contributed by atoms with Gasteiger partial charge in [-0.1, -0.05) is 15.9 Å². The molecule has 0 aliphatic carbocycles. The minimum Gasteiger partial charge on any atom is -0.306 e. The maximum absolute atomic E-state index is 10.4. The van der Waals surface area contributed by atoms with Crippen LogP contribution in [0.5, 0.6) is 0 Å². The molecule has 6 nitrogen and oxygen atoms in total. The number of nitrogens with zero attached hydrogens (tertiary/aromatic N) is 2. The van der Waals surface area contributed by atoms with Crippen LogP contribution in [0.1, 0.15) is 0 Å². The maximum Gasteiger partial charge on any atom is 0.302 e. The Labute approximate surface area is 77.2 Å². The Kier molecular flexibility index (Phi) is 2.99. The van der Waals surface area contributed by atoms with Gasteiger partial charge in [-0.05, 0) is 0 Å². The summed E-state index contributed by atoms with van der Waals surface area (Å²) in [6.45, 7) is 0.733. The smallest absolute Gasteiger partial charge is 0.302 e. The fourth-order valence-corrected chi connectivity index (χ4v) is 1.65. The lowest BCUT2D eigenvalue weighted by atomic mass is 10.3. The van der Waals surface area contributed by atoms with Crippen molar-refractivity contribution in [2.24, 2.45) is 0 Å². The van der Waals surface area contributed by atoms with E-state index in [-0.39, 0.29) is 11.5 Å². The molecule has 12 heavy (non-hydrogen) atoms. The quantitative estimate of drug-likeness (QED) is 0.228. The number of hydrogen-bond acceptors (Lipinski definition) is 4. The molecule has 68 valence electrons. The van der Waals surface area contributed by atoms with E-state index >= 15 is 0 Å². The Hall–Kier alpha value is -0.690. The number of nitro groups is 1. The Bertz CT molecular complexity index is 200. The zero-order valence-corrected chi connectivity index (χ0v) is 7.73. The van der Waals surface area contributed by atoms with Gasteiger partial charge < -0.3 is 5.32 Å². The van der Waals surface area contributed by atoms with Gasteiger partial charge in [-0.15, -0.1) is 0 Å². The number of alkyl halides is 1. The van der Waals surface area contributed by atoms with Crippen molar-refractivity contribution in [2.45, 2.75) is 11.1 Å². The van der Waals surface area contributed by atoms with E-state index in [1.807, 2.05) is 0 Å². The van der Waals surface area contributed by atoms with Gasteiger partial charge in [0.1, 0.15) is 4.95 Å². The molecule has 0 aromatic carbocycles. The molecule has 0 aromatic rings. The van der Waals surface area contributed by atoms with Crippen LogP contribution in [-0.2, 0) is 4.79 Å². The predicted octanol–water partition coefficient (Wildman–Crippen LogP) is -0.628. The largest absolute Gasteiger partial charge is 0.306 e. The normalized spacial score (nSPS) is 29.9. The molecular formula is C5H8BrN3O3. The van der Waals surface area contributed by atoms with Crippen molar-refractivity contribution in [2.75, 3.05) is 13.1 Å². The van der Waals surface area contributed by atoms with Crippen LogP contribution in [0.15, 0.2) is 0 Å². The average molecular weight is 238 g/mol. The van der Waals surface area contributed by atoms with E-state index in [1.54, 1.807) is 0 Å². The molecule has 1 aliphatic heterocycles. The van der Waals surface area contributed by atoms with Crippen LogP contribution < -0.4 is 5.32 Å². The summed E-state index contributed by atoms with van der Waals surface area (Å²) in [5.41, 5.74) is 0. The van der Waals surface area contributed by atoms with Crippen LogP contribution in [-0.4, -0.2) is 40.4 Å². The predicted molar refractivity (Wildman–Crippen MR) is 44.3 cm³/mol. The van der Waals surface area contributed by atoms with Crippen molar-refractivity contribution in [3.63, 3.8) is 0 Å². The second-order valence-electron chi connectivity index (χ2n) is 2.41. The summed E-state index contributed by atoms with van der Waals surface area (Å²) in [4.78, 5) is 21.2. The van der Waals surface area contributed by atoms with Gasteiger partial charge in [0.15, 0.2) is 0 Å². The van der Waals surface area contributed by atoms with Crippen LogP contribution >= 0.6 is 15.9 Å². The fraction of sp³-hybridized carbons (Fsp3) is 0.800. The topological polar surface area (TPSA) is 75.5 Å². The van der Waals surface area contributed by atoms with Gasteiger partial charge in [-0.2, -0.15) is 0 Å². The van der Waals surface area contributed by atoms with Crippen LogP contribution in [0.25, 0.3) is 0 Å². The number of carbonyl (C=O) groups is 1. The number of hydrogen-bond donors (Lipinski definition) is 1. The molecule has 1 amide bonds. The molecule has 1 saturated heterocycles. The lowest BCUT2D eigenvalue weighted by molar-refractivity contribution is -0.546. The lowest BCUT2D eigenvalue weighted by Gasteiger charge is -2.31. The third kappa shape index (κ3) is 1.72. The van der Waals surface area contributed by atoms with Crippen LogP contribution in [0.2, 0.25) is 0 Å². The van der Waals surface area contributed by atoms with Crippen LogP contribution in [0.3, 0.4) is 0 Å². The number of amides is 1. The lowest BCUT2D eigenvalue weighted by Crippen LogP contribution is -2.57. The molecular weight excluding hydrogens is 230 g/mol. The second-order valence-corrected chi connectivity index (χ2v) is 3.47. The number of nitrogens with one attached hydrogen (secondary N) is 1. The maximum atomic E-state index is 10.4. The molecule has 2 unspecified atom stereocenters. The van der Waals surface area contributed by atoms with E-state index in [2.05, 4.69) is 21.2 Å². The van der Waals surface area contributed by atoms with Gasteiger partial charge in [0.05, 0.1) is 6.54 Å². The first-order valence-electron chi connectivity index (χ1n) is 3.38. The number of piperazine rings is 1. The van der Waals surface area contributed by atoms with Gasteiger partial charge in [0.25, 0.3) is 0 Å². The van der Waals surface area contributed by atoms with E-state index in [9.17, 15) is 14.9 Å². The molecule has 0 saturated carbocycles. The van der Waals surface area contributed by atoms with Crippen molar-refractivity contribution in [3.8, 4) is 0 Å². The summed E-state index contributed by atoms with van der Waals surface area (Å²) in [6.07, 6.45) is -0.464. The highest BCUT2D eigenvalue weighted by molar-refractivity contribution is 9.09. The van der Waals surface area contributed by atoms with E-state index in [0.717, 1.165) is 4.90 Å².